The second-order valence-electron chi connectivity index (χ2n) is 12.4. The molecular weight excluding hydrogens is 612 g/mol. The monoisotopic (exact) mass is 652 g/mol. The highest BCUT2D eigenvalue weighted by Gasteiger charge is 2.32. The molecular formula is C34H40F4N8O. The molecule has 1 unspecified atom stereocenters. The van der Waals surface area contributed by atoms with Gasteiger partial charge in [0, 0.05) is 74.9 Å². The fourth-order valence-electron chi connectivity index (χ4n) is 6.43. The van der Waals surface area contributed by atoms with Gasteiger partial charge >= 0.3 is 6.18 Å². The van der Waals surface area contributed by atoms with Crippen molar-refractivity contribution in [1.82, 2.24) is 20.1 Å². The molecule has 2 saturated heterocycles. The molecule has 1 aromatic heterocycles. The summed E-state index contributed by atoms with van der Waals surface area (Å²) in [4.78, 5) is 15.8. The molecule has 250 valence electrons. The van der Waals surface area contributed by atoms with E-state index in [9.17, 15) is 17.6 Å². The number of nitrogens with two attached hydrogens (primary N) is 1. The number of nitrogens with zero attached hydrogens (tertiary/aromatic N) is 5. The molecule has 6 rings (SSSR count). The van der Waals surface area contributed by atoms with E-state index in [-0.39, 0.29) is 5.75 Å². The molecule has 4 N–H and O–H groups in total. The zero-order chi connectivity index (χ0) is 33.2. The Morgan fingerprint density at radius 2 is 1.79 bits per heavy atom. The number of anilines is 2. The lowest BCUT2D eigenvalue weighted by molar-refractivity contribution is -0.153. The molecule has 0 radical (unpaired) electrons. The van der Waals surface area contributed by atoms with Crippen molar-refractivity contribution in [3.05, 3.63) is 83.6 Å². The quantitative estimate of drug-likeness (QED) is 0.292. The normalized spacial score (nSPS) is 21.3. The summed E-state index contributed by atoms with van der Waals surface area (Å²) in [6, 6.07) is 13.7. The van der Waals surface area contributed by atoms with E-state index in [0.29, 0.717) is 34.4 Å². The van der Waals surface area contributed by atoms with Crippen LogP contribution in [-0.4, -0.2) is 86.3 Å². The molecule has 0 aliphatic carbocycles. The SMILES string of the molecule is Cc1cc(NC2=CC(N)(c3ccnc(-c4ccccc4F)c3)NC=N2)c(OCC(F)(F)F)cc1N1CCC(N2CCN(C)CC2)CC1. The Bertz CT molecular complexity index is 1630. The number of halogens is 4. The molecule has 3 aliphatic heterocycles. The number of hydrogen-bond acceptors (Lipinski definition) is 9. The minimum Gasteiger partial charge on any atom is -0.482 e. The van der Waals surface area contributed by atoms with Gasteiger partial charge in [-0.15, -0.1) is 0 Å². The summed E-state index contributed by atoms with van der Waals surface area (Å²) in [7, 11) is 2.14. The number of rotatable bonds is 8. The fourth-order valence-corrected chi connectivity index (χ4v) is 6.43. The summed E-state index contributed by atoms with van der Waals surface area (Å²) in [5.41, 5.74) is 8.86. The highest BCUT2D eigenvalue weighted by molar-refractivity contribution is 5.72. The van der Waals surface area contributed by atoms with Crippen molar-refractivity contribution in [2.24, 2.45) is 10.7 Å². The highest BCUT2D eigenvalue weighted by atomic mass is 19.4. The number of nitrogens with one attached hydrogen (secondary N) is 2. The first-order valence-corrected chi connectivity index (χ1v) is 15.8. The van der Waals surface area contributed by atoms with Crippen LogP contribution >= 0.6 is 0 Å². The Labute approximate surface area is 272 Å². The lowest BCUT2D eigenvalue weighted by Gasteiger charge is -2.43. The van der Waals surface area contributed by atoms with Crippen molar-refractivity contribution < 1.29 is 22.3 Å². The lowest BCUT2D eigenvalue weighted by atomic mass is 9.97. The molecule has 2 aromatic carbocycles. The number of benzene rings is 2. The minimum atomic E-state index is -4.51. The fraction of sp³-hybridized carbons (Fsp3) is 0.412. The largest absolute Gasteiger partial charge is 0.482 e. The third-order valence-corrected chi connectivity index (χ3v) is 9.07. The van der Waals surface area contributed by atoms with E-state index in [1.807, 2.05) is 6.92 Å². The third-order valence-electron chi connectivity index (χ3n) is 9.07. The van der Waals surface area contributed by atoms with Gasteiger partial charge in [-0.1, -0.05) is 12.1 Å². The molecule has 0 spiro atoms. The molecule has 0 bridgehead atoms. The molecule has 1 atom stereocenters. The van der Waals surface area contributed by atoms with Crippen LogP contribution in [0.2, 0.25) is 0 Å². The maximum Gasteiger partial charge on any atom is 0.422 e. The summed E-state index contributed by atoms with van der Waals surface area (Å²) in [5.74, 6) is -0.0523. The summed E-state index contributed by atoms with van der Waals surface area (Å²) in [6.45, 7) is 6.36. The van der Waals surface area contributed by atoms with Gasteiger partial charge in [0.2, 0.25) is 0 Å². The smallest absolute Gasteiger partial charge is 0.422 e. The third kappa shape index (κ3) is 7.69. The number of aromatic nitrogens is 1. The molecule has 0 amide bonds. The van der Waals surface area contributed by atoms with Crippen molar-refractivity contribution >= 4 is 17.7 Å². The van der Waals surface area contributed by atoms with E-state index in [1.165, 1.54) is 12.4 Å². The number of likely N-dealkylation sites (N-methyl/N-ethyl adjacent to an activating group) is 1. The number of ether oxygens (including phenoxy) is 1. The van der Waals surface area contributed by atoms with Crippen LogP contribution in [0.3, 0.4) is 0 Å². The van der Waals surface area contributed by atoms with Crippen LogP contribution in [-0.2, 0) is 5.66 Å². The summed E-state index contributed by atoms with van der Waals surface area (Å²) >= 11 is 0. The van der Waals surface area contributed by atoms with E-state index >= 15 is 0 Å². The maximum atomic E-state index is 14.5. The molecule has 47 heavy (non-hydrogen) atoms. The Morgan fingerprint density at radius 1 is 1.04 bits per heavy atom. The van der Waals surface area contributed by atoms with Crippen molar-refractivity contribution in [2.75, 3.05) is 63.1 Å². The Hall–Kier alpha value is -4.20. The van der Waals surface area contributed by atoms with Gasteiger partial charge in [0.25, 0.3) is 0 Å². The number of alkyl halides is 3. The van der Waals surface area contributed by atoms with Crippen LogP contribution in [0.1, 0.15) is 24.0 Å². The number of aliphatic imine (C=N–C) groups is 1. The van der Waals surface area contributed by atoms with Crippen molar-refractivity contribution in [1.29, 1.82) is 0 Å². The van der Waals surface area contributed by atoms with E-state index in [0.717, 1.165) is 63.4 Å². The van der Waals surface area contributed by atoms with Gasteiger partial charge in [0.1, 0.15) is 23.1 Å². The van der Waals surface area contributed by atoms with Gasteiger partial charge in [0.15, 0.2) is 6.61 Å². The minimum absolute atomic E-state index is 0.0621. The first-order valence-electron chi connectivity index (χ1n) is 15.8. The summed E-state index contributed by atoms with van der Waals surface area (Å²) in [5, 5.41) is 6.17. The van der Waals surface area contributed by atoms with E-state index in [2.05, 4.69) is 42.4 Å². The predicted octanol–water partition coefficient (Wildman–Crippen LogP) is 5.05. The zero-order valence-corrected chi connectivity index (χ0v) is 26.5. The Kier molecular flexibility index (Phi) is 9.40. The van der Waals surface area contributed by atoms with Crippen molar-refractivity contribution in [3.8, 4) is 17.0 Å². The number of pyridine rings is 1. The molecule has 9 nitrogen and oxygen atoms in total. The number of piperidine rings is 1. The standard InChI is InChI=1S/C34H40F4N8O/c1-23-17-29(43-32-20-33(39,42-22-41-32)24-7-10-40-28(18-24)26-5-3-4-6-27(26)35)31(47-21-34(36,37)38)19-30(23)46-11-8-25(9-12-46)45-15-13-44(2)14-16-45/h3-7,10,17-20,22,25,43H,8-9,11-16,21,39H2,1-2H3,(H,41,42). The molecule has 3 aromatic rings. The van der Waals surface area contributed by atoms with Gasteiger partial charge in [-0.25, -0.2) is 9.38 Å². The van der Waals surface area contributed by atoms with Crippen LogP contribution in [0.25, 0.3) is 11.3 Å². The zero-order valence-electron chi connectivity index (χ0n) is 26.5. The van der Waals surface area contributed by atoms with Crippen LogP contribution in [0, 0.1) is 12.7 Å². The van der Waals surface area contributed by atoms with Gasteiger partial charge in [-0.3, -0.25) is 9.88 Å². The average Bonchev–Trinajstić information content (AvgIpc) is 3.05. The molecule has 4 heterocycles. The van der Waals surface area contributed by atoms with Gasteiger partial charge < -0.3 is 30.9 Å². The molecule has 0 saturated carbocycles. The second kappa shape index (κ2) is 13.5. The predicted molar refractivity (Wildman–Crippen MR) is 176 cm³/mol. The topological polar surface area (TPSA) is 94.3 Å². The maximum absolute atomic E-state index is 14.5. The van der Waals surface area contributed by atoms with Crippen LogP contribution in [0.4, 0.5) is 28.9 Å². The molecule has 3 aliphatic rings. The average molecular weight is 653 g/mol. The first-order chi connectivity index (χ1) is 22.5. The second-order valence-corrected chi connectivity index (χ2v) is 12.4. The molecule has 13 heteroatoms. The van der Waals surface area contributed by atoms with E-state index in [1.54, 1.807) is 54.7 Å². The van der Waals surface area contributed by atoms with E-state index < -0.39 is 24.3 Å². The van der Waals surface area contributed by atoms with Crippen LogP contribution in [0.15, 0.2) is 71.6 Å². The van der Waals surface area contributed by atoms with E-state index in [4.69, 9.17) is 10.5 Å². The number of aryl methyl sites for hydroxylation is 1. The summed E-state index contributed by atoms with van der Waals surface area (Å²) in [6.07, 6.45) is 2.03. The Balaban J connectivity index is 1.23. The molecule has 2 fully saturated rings. The summed E-state index contributed by atoms with van der Waals surface area (Å²) < 4.78 is 59.8. The van der Waals surface area contributed by atoms with Crippen LogP contribution in [0.5, 0.6) is 5.75 Å². The number of piperazine rings is 1. The van der Waals surface area contributed by atoms with Crippen molar-refractivity contribution in [2.45, 2.75) is 37.6 Å². The van der Waals surface area contributed by atoms with Gasteiger partial charge in [0.05, 0.1) is 17.7 Å². The highest BCUT2D eigenvalue weighted by Crippen LogP contribution is 2.37. The Morgan fingerprint density at radius 3 is 2.51 bits per heavy atom. The first kappa shape index (κ1) is 32.7. The lowest BCUT2D eigenvalue weighted by Crippen LogP contribution is -2.52. The van der Waals surface area contributed by atoms with Crippen LogP contribution < -0.4 is 26.0 Å². The van der Waals surface area contributed by atoms with Gasteiger partial charge in [-0.2, -0.15) is 13.2 Å². The van der Waals surface area contributed by atoms with Gasteiger partial charge in [-0.05, 0) is 68.3 Å². The number of hydrogen-bond donors (Lipinski definition) is 3. The van der Waals surface area contributed by atoms with Crippen molar-refractivity contribution in [3.63, 3.8) is 0 Å².